The SMILES string of the molecule is Br.Br.Cl.[Cu]. The van der Waals surface area contributed by atoms with Gasteiger partial charge < -0.3 is 0 Å². The van der Waals surface area contributed by atoms with E-state index in [4.69, 9.17) is 0 Å². The smallest absolute Gasteiger partial charge is 0 e. The van der Waals surface area contributed by atoms with Crippen LogP contribution in [-0.4, -0.2) is 0 Å². The minimum Gasteiger partial charge on any atom is -0.147 e. The maximum absolute atomic E-state index is 0. The van der Waals surface area contributed by atoms with Gasteiger partial charge in [-0.1, -0.05) is 0 Å². The van der Waals surface area contributed by atoms with E-state index in [0.29, 0.717) is 0 Å². The summed E-state index contributed by atoms with van der Waals surface area (Å²) in [5.74, 6) is 0. The summed E-state index contributed by atoms with van der Waals surface area (Å²) in [5, 5.41) is 0. The van der Waals surface area contributed by atoms with E-state index in [1.807, 2.05) is 0 Å². The standard InChI is InChI=1S/2BrH.ClH.Cu/h3*1H;. The molecule has 0 rings (SSSR count). The monoisotopic (exact) mass is 259 g/mol. The van der Waals surface area contributed by atoms with Crippen molar-refractivity contribution in [3.8, 4) is 0 Å². The van der Waals surface area contributed by atoms with Crippen LogP contribution in [0.5, 0.6) is 0 Å². The second-order valence-electron chi connectivity index (χ2n) is 0. The summed E-state index contributed by atoms with van der Waals surface area (Å²) in [6.07, 6.45) is 0. The van der Waals surface area contributed by atoms with Crippen molar-refractivity contribution in [2.75, 3.05) is 0 Å². The van der Waals surface area contributed by atoms with Gasteiger partial charge in [-0.3, -0.25) is 0 Å². The maximum Gasteiger partial charge on any atom is 0 e. The zero-order chi connectivity index (χ0) is 0. The fourth-order valence-electron chi connectivity index (χ4n) is 0. The summed E-state index contributed by atoms with van der Waals surface area (Å²) >= 11 is 0. The first-order valence-electron chi connectivity index (χ1n) is 0. The van der Waals surface area contributed by atoms with Gasteiger partial charge in [-0.2, -0.15) is 0 Å². The normalized spacial score (nSPS) is 0. The molecule has 1 radical (unpaired) electrons. The van der Waals surface area contributed by atoms with Gasteiger partial charge in [0.05, 0.1) is 0 Å². The first-order valence-corrected chi connectivity index (χ1v) is 0. The van der Waals surface area contributed by atoms with Crippen molar-refractivity contribution in [3.05, 3.63) is 0 Å². The topological polar surface area (TPSA) is 0 Å². The molecule has 0 saturated heterocycles. The molecule has 0 amide bonds. The molecule has 35 valence electrons. The van der Waals surface area contributed by atoms with Gasteiger partial charge in [0.2, 0.25) is 0 Å². The molecule has 0 bridgehead atoms. The van der Waals surface area contributed by atoms with Gasteiger partial charge >= 0.3 is 0 Å². The van der Waals surface area contributed by atoms with Gasteiger partial charge in [0.25, 0.3) is 0 Å². The van der Waals surface area contributed by atoms with Crippen LogP contribution >= 0.6 is 46.4 Å². The molecule has 0 nitrogen and oxygen atoms in total. The average molecular weight is 262 g/mol. The van der Waals surface area contributed by atoms with Gasteiger partial charge in [0, 0.05) is 17.1 Å². The average Bonchev–Trinajstić information content (AvgIpc) is 0. The molecule has 0 aliphatic heterocycles. The summed E-state index contributed by atoms with van der Waals surface area (Å²) in [4.78, 5) is 0. The van der Waals surface area contributed by atoms with E-state index in [1.165, 1.54) is 0 Å². The van der Waals surface area contributed by atoms with Crippen LogP contribution < -0.4 is 0 Å². The zero-order valence-electron chi connectivity index (χ0n) is 1.53. The Kier molecular flexibility index (Phi) is 227. The Morgan fingerprint density at radius 3 is 0.750 bits per heavy atom. The second kappa shape index (κ2) is 21.6. The Bertz CT molecular complexity index is 6.00. The van der Waals surface area contributed by atoms with Crippen molar-refractivity contribution < 1.29 is 17.1 Å². The van der Waals surface area contributed by atoms with Crippen LogP contribution in [0.1, 0.15) is 0 Å². The van der Waals surface area contributed by atoms with E-state index < -0.39 is 0 Å². The minimum absolute atomic E-state index is 0. The summed E-state index contributed by atoms with van der Waals surface area (Å²) in [7, 11) is 0. The van der Waals surface area contributed by atoms with Crippen molar-refractivity contribution in [2.24, 2.45) is 0 Å². The Labute approximate surface area is 63.1 Å². The Morgan fingerprint density at radius 1 is 0.750 bits per heavy atom. The molecule has 4 heavy (non-hydrogen) atoms. The molecule has 0 aromatic carbocycles. The molecule has 0 heterocycles. The van der Waals surface area contributed by atoms with E-state index in [-0.39, 0.29) is 63.4 Å². The predicted molar refractivity (Wildman–Crippen MR) is 27.9 cm³/mol. The molecule has 0 N–H and O–H groups in total. The molecule has 0 fully saturated rings. The van der Waals surface area contributed by atoms with Crippen LogP contribution in [-0.2, 0) is 17.1 Å². The quantitative estimate of drug-likeness (QED) is 0.581. The molecule has 0 aliphatic rings. The Hall–Kier alpha value is 1.77. The summed E-state index contributed by atoms with van der Waals surface area (Å²) < 4.78 is 0. The molecule has 0 spiro atoms. The van der Waals surface area contributed by atoms with Crippen molar-refractivity contribution >= 4 is 46.4 Å². The number of rotatable bonds is 0. The van der Waals surface area contributed by atoms with E-state index >= 15 is 0 Å². The van der Waals surface area contributed by atoms with Crippen LogP contribution in [0.25, 0.3) is 0 Å². The summed E-state index contributed by atoms with van der Waals surface area (Å²) in [6, 6.07) is 0. The van der Waals surface area contributed by atoms with Crippen LogP contribution in [0.15, 0.2) is 0 Å². The van der Waals surface area contributed by atoms with Crippen molar-refractivity contribution in [2.45, 2.75) is 0 Å². The molecule has 0 aromatic rings. The summed E-state index contributed by atoms with van der Waals surface area (Å²) in [6.45, 7) is 0. The number of halogens is 3. The third-order valence-corrected chi connectivity index (χ3v) is 0. The maximum atomic E-state index is 0. The molecular weight excluding hydrogens is 259 g/mol. The number of hydrogen-bond acceptors (Lipinski definition) is 0. The van der Waals surface area contributed by atoms with E-state index in [0.717, 1.165) is 0 Å². The molecular formula is H3Br2ClCu. The van der Waals surface area contributed by atoms with Gasteiger partial charge in [-0.05, 0) is 0 Å². The van der Waals surface area contributed by atoms with Crippen LogP contribution in [0.3, 0.4) is 0 Å². The third-order valence-electron chi connectivity index (χ3n) is 0. The molecule has 0 saturated carbocycles. The summed E-state index contributed by atoms with van der Waals surface area (Å²) in [5.41, 5.74) is 0. The second-order valence-corrected chi connectivity index (χ2v) is 0. The van der Waals surface area contributed by atoms with E-state index in [1.54, 1.807) is 0 Å². The first-order chi connectivity index (χ1) is 0. The minimum atomic E-state index is 0. The zero-order valence-corrected chi connectivity index (χ0v) is 6.71. The van der Waals surface area contributed by atoms with Crippen LogP contribution in [0.2, 0.25) is 0 Å². The molecule has 4 heteroatoms. The fraction of sp³-hybridized carbons (Fsp3) is 0. The Morgan fingerprint density at radius 2 is 0.750 bits per heavy atom. The van der Waals surface area contributed by atoms with Crippen molar-refractivity contribution in [3.63, 3.8) is 0 Å². The molecule has 0 unspecified atom stereocenters. The predicted octanol–water partition coefficient (Wildman–Crippen LogP) is 1.58. The van der Waals surface area contributed by atoms with Crippen LogP contribution in [0.4, 0.5) is 0 Å². The first kappa shape index (κ1) is 41.9. The van der Waals surface area contributed by atoms with Gasteiger partial charge in [-0.15, -0.1) is 46.4 Å². The van der Waals surface area contributed by atoms with Crippen LogP contribution in [0, 0.1) is 0 Å². The van der Waals surface area contributed by atoms with Gasteiger partial charge in [0.1, 0.15) is 0 Å². The molecule has 0 aromatic heterocycles. The van der Waals surface area contributed by atoms with Crippen molar-refractivity contribution in [1.29, 1.82) is 0 Å². The van der Waals surface area contributed by atoms with E-state index in [2.05, 4.69) is 0 Å². The van der Waals surface area contributed by atoms with Gasteiger partial charge in [0.15, 0.2) is 0 Å². The van der Waals surface area contributed by atoms with E-state index in [9.17, 15) is 0 Å². The van der Waals surface area contributed by atoms with Gasteiger partial charge in [-0.25, -0.2) is 0 Å². The number of hydrogen-bond donors (Lipinski definition) is 0. The largest absolute Gasteiger partial charge is 0.147 e. The third kappa shape index (κ3) is 9.23. The Balaban J connectivity index is 0. The molecule has 0 atom stereocenters. The molecule has 0 aliphatic carbocycles. The van der Waals surface area contributed by atoms with Crippen molar-refractivity contribution in [1.82, 2.24) is 0 Å². The fourth-order valence-corrected chi connectivity index (χ4v) is 0.